The predicted octanol–water partition coefficient (Wildman–Crippen LogP) is 3.92. The van der Waals surface area contributed by atoms with E-state index in [1.165, 1.54) is 30.3 Å². The number of sulfonamides is 1. The van der Waals surface area contributed by atoms with Crippen molar-refractivity contribution in [1.82, 2.24) is 0 Å². The van der Waals surface area contributed by atoms with Gasteiger partial charge >= 0.3 is 0 Å². The number of fused-ring (bicyclic) bond motifs is 1. The Morgan fingerprint density at radius 3 is 2.48 bits per heavy atom. The van der Waals surface area contributed by atoms with Gasteiger partial charge in [0.1, 0.15) is 6.10 Å². The minimum atomic E-state index is -4.06. The molecule has 2 aromatic carbocycles. The summed E-state index contributed by atoms with van der Waals surface area (Å²) >= 11 is 5.86. The molecule has 3 rings (SSSR count). The molecule has 2 aromatic rings. The number of benzene rings is 2. The van der Waals surface area contributed by atoms with Gasteiger partial charge in [-0.15, -0.1) is 0 Å². The van der Waals surface area contributed by atoms with Gasteiger partial charge in [-0.25, -0.2) is 17.2 Å². The summed E-state index contributed by atoms with van der Waals surface area (Å²) < 4.78 is 55.2. The Labute approximate surface area is 149 Å². The van der Waals surface area contributed by atoms with Crippen LogP contribution in [0.25, 0.3) is 0 Å². The lowest BCUT2D eigenvalue weighted by molar-refractivity contribution is -0.111. The monoisotopic (exact) mass is 387 g/mol. The Balaban J connectivity index is 2.17. The summed E-state index contributed by atoms with van der Waals surface area (Å²) in [6, 6.07) is 10.1. The minimum absolute atomic E-state index is 0.00120. The second-order valence-electron chi connectivity index (χ2n) is 6.01. The van der Waals surface area contributed by atoms with E-state index in [2.05, 4.69) is 0 Å². The zero-order valence-electron chi connectivity index (χ0n) is 13.3. The molecule has 0 fully saturated rings. The van der Waals surface area contributed by atoms with Crippen LogP contribution in [0.15, 0.2) is 47.4 Å². The molecule has 0 spiro atoms. The summed E-state index contributed by atoms with van der Waals surface area (Å²) in [5.41, 5.74) is 0.685. The van der Waals surface area contributed by atoms with Crippen LogP contribution in [0.1, 0.15) is 23.7 Å². The number of hydrogen-bond donors (Lipinski definition) is 1. The summed E-state index contributed by atoms with van der Waals surface area (Å²) in [5, 5.41) is 10.2. The molecule has 1 aliphatic rings. The smallest absolute Gasteiger partial charge is 0.279 e. The third-order valence-electron chi connectivity index (χ3n) is 4.21. The quantitative estimate of drug-likeness (QED) is 0.849. The zero-order chi connectivity index (χ0) is 18.4. The highest BCUT2D eigenvalue weighted by Gasteiger charge is 2.45. The van der Waals surface area contributed by atoms with Crippen molar-refractivity contribution < 1.29 is 22.3 Å². The van der Waals surface area contributed by atoms with Crippen LogP contribution in [0.3, 0.4) is 0 Å². The fraction of sp³-hybridized carbons (Fsp3) is 0.294. The van der Waals surface area contributed by atoms with Crippen LogP contribution in [0.5, 0.6) is 0 Å². The maximum absolute atomic E-state index is 14.2. The summed E-state index contributed by atoms with van der Waals surface area (Å²) in [5.74, 6) is -3.46. The molecular weight excluding hydrogens is 372 g/mol. The molecule has 0 saturated heterocycles. The van der Waals surface area contributed by atoms with E-state index < -0.39 is 35.0 Å². The minimum Gasteiger partial charge on any atom is -0.382 e. The van der Waals surface area contributed by atoms with Gasteiger partial charge in [-0.3, -0.25) is 4.31 Å². The van der Waals surface area contributed by atoms with Crippen molar-refractivity contribution in [3.8, 4) is 0 Å². The SMILES string of the molecule is Cc1ccc(S(=O)(=O)N2CCC(F)(F)C(O)c3cc(Cl)ccc32)cc1. The Hall–Kier alpha value is -1.70. The van der Waals surface area contributed by atoms with E-state index in [0.717, 1.165) is 9.87 Å². The molecule has 0 amide bonds. The van der Waals surface area contributed by atoms with Crippen molar-refractivity contribution in [3.05, 3.63) is 58.6 Å². The summed E-state index contributed by atoms with van der Waals surface area (Å²) in [6.45, 7) is 1.37. The maximum atomic E-state index is 14.2. The number of halogens is 3. The summed E-state index contributed by atoms with van der Waals surface area (Å²) in [7, 11) is -4.06. The molecule has 0 radical (unpaired) electrons. The molecule has 1 aliphatic heterocycles. The number of rotatable bonds is 2. The maximum Gasteiger partial charge on any atom is 0.279 e. The molecule has 8 heteroatoms. The van der Waals surface area contributed by atoms with E-state index in [1.54, 1.807) is 12.1 Å². The van der Waals surface area contributed by atoms with Crippen LogP contribution in [0, 0.1) is 6.92 Å². The largest absolute Gasteiger partial charge is 0.382 e. The summed E-state index contributed by atoms with van der Waals surface area (Å²) in [6.07, 6.45) is -2.93. The summed E-state index contributed by atoms with van der Waals surface area (Å²) in [4.78, 5) is -0.00120. The van der Waals surface area contributed by atoms with Gasteiger partial charge in [0.25, 0.3) is 15.9 Å². The van der Waals surface area contributed by atoms with Gasteiger partial charge in [0.05, 0.1) is 10.6 Å². The molecule has 0 saturated carbocycles. The van der Waals surface area contributed by atoms with Crippen molar-refractivity contribution in [2.75, 3.05) is 10.8 Å². The van der Waals surface area contributed by atoms with E-state index in [4.69, 9.17) is 11.6 Å². The first-order chi connectivity index (χ1) is 11.6. The highest BCUT2D eigenvalue weighted by atomic mass is 35.5. The number of nitrogens with zero attached hydrogens (tertiary/aromatic N) is 1. The van der Waals surface area contributed by atoms with E-state index >= 15 is 0 Å². The molecule has 1 N–H and O–H groups in total. The van der Waals surface area contributed by atoms with Crippen molar-refractivity contribution in [3.63, 3.8) is 0 Å². The molecule has 1 atom stereocenters. The Bertz CT molecular complexity index is 901. The normalized spacial score (nSPS) is 20.0. The standard InChI is InChI=1S/C17H16ClF2NO3S/c1-11-2-5-13(6-3-11)25(23,24)21-9-8-17(19,20)16(22)14-10-12(18)4-7-15(14)21/h2-7,10,16,22H,8-9H2,1H3. The zero-order valence-corrected chi connectivity index (χ0v) is 14.9. The van der Waals surface area contributed by atoms with E-state index in [9.17, 15) is 22.3 Å². The first kappa shape index (κ1) is 18.1. The van der Waals surface area contributed by atoms with Crippen LogP contribution in [0.2, 0.25) is 5.02 Å². The Morgan fingerprint density at radius 1 is 1.20 bits per heavy atom. The number of aliphatic hydroxyl groups excluding tert-OH is 1. The Kier molecular flexibility index (Phi) is 4.51. The molecule has 4 nitrogen and oxygen atoms in total. The number of anilines is 1. The molecule has 0 aliphatic carbocycles. The second-order valence-corrected chi connectivity index (χ2v) is 8.31. The van der Waals surface area contributed by atoms with E-state index in [0.29, 0.717) is 0 Å². The molecular formula is C17H16ClF2NO3S. The van der Waals surface area contributed by atoms with Crippen LogP contribution in [0.4, 0.5) is 14.5 Å². The van der Waals surface area contributed by atoms with Crippen molar-refractivity contribution in [2.24, 2.45) is 0 Å². The first-order valence-corrected chi connectivity index (χ1v) is 9.39. The van der Waals surface area contributed by atoms with Crippen molar-refractivity contribution in [2.45, 2.75) is 30.3 Å². The molecule has 0 bridgehead atoms. The third kappa shape index (κ3) is 3.23. The van der Waals surface area contributed by atoms with E-state index in [-0.39, 0.29) is 21.2 Å². The van der Waals surface area contributed by atoms with Gasteiger partial charge < -0.3 is 5.11 Å². The van der Waals surface area contributed by atoms with Crippen molar-refractivity contribution in [1.29, 1.82) is 0 Å². The second kappa shape index (κ2) is 6.23. The van der Waals surface area contributed by atoms with Gasteiger partial charge in [-0.05, 0) is 37.3 Å². The lowest BCUT2D eigenvalue weighted by Gasteiger charge is -2.24. The predicted molar refractivity (Wildman–Crippen MR) is 91.7 cm³/mol. The molecule has 0 aromatic heterocycles. The third-order valence-corrected chi connectivity index (χ3v) is 6.27. The lowest BCUT2D eigenvalue weighted by Crippen LogP contribution is -2.33. The average Bonchev–Trinajstić information content (AvgIpc) is 2.64. The number of alkyl halides is 2. The van der Waals surface area contributed by atoms with Crippen LogP contribution < -0.4 is 4.31 Å². The topological polar surface area (TPSA) is 57.6 Å². The van der Waals surface area contributed by atoms with Crippen molar-refractivity contribution >= 4 is 27.3 Å². The average molecular weight is 388 g/mol. The number of hydrogen-bond acceptors (Lipinski definition) is 3. The van der Waals surface area contributed by atoms with Crippen LogP contribution >= 0.6 is 11.6 Å². The van der Waals surface area contributed by atoms with Gasteiger partial charge in [0.15, 0.2) is 0 Å². The number of aliphatic hydroxyl groups is 1. The molecule has 134 valence electrons. The van der Waals surface area contributed by atoms with Gasteiger partial charge in [-0.1, -0.05) is 29.3 Å². The van der Waals surface area contributed by atoms with Gasteiger partial charge in [0.2, 0.25) is 0 Å². The van der Waals surface area contributed by atoms with Crippen LogP contribution in [-0.4, -0.2) is 26.0 Å². The molecule has 1 unspecified atom stereocenters. The fourth-order valence-corrected chi connectivity index (χ4v) is 4.47. The van der Waals surface area contributed by atoms with E-state index in [1.807, 2.05) is 6.92 Å². The van der Waals surface area contributed by atoms with Gasteiger partial charge in [0, 0.05) is 23.6 Å². The molecule has 25 heavy (non-hydrogen) atoms. The first-order valence-electron chi connectivity index (χ1n) is 7.58. The molecule has 1 heterocycles. The van der Waals surface area contributed by atoms with Crippen LogP contribution in [-0.2, 0) is 10.0 Å². The highest BCUT2D eigenvalue weighted by molar-refractivity contribution is 7.92. The lowest BCUT2D eigenvalue weighted by atomic mass is 10.0. The fourth-order valence-electron chi connectivity index (χ4n) is 2.79. The number of aryl methyl sites for hydroxylation is 1. The highest BCUT2D eigenvalue weighted by Crippen LogP contribution is 2.44. The Morgan fingerprint density at radius 2 is 1.84 bits per heavy atom. The van der Waals surface area contributed by atoms with Gasteiger partial charge in [-0.2, -0.15) is 0 Å².